The number of hydrogen-bond acceptors (Lipinski definition) is 3. The van der Waals surface area contributed by atoms with Crippen molar-refractivity contribution in [3.05, 3.63) is 34.3 Å². The van der Waals surface area contributed by atoms with Gasteiger partial charge < -0.3 is 15.4 Å². The average molecular weight is 378 g/mol. The molecule has 1 fully saturated rings. The average Bonchev–Trinajstić information content (AvgIpc) is 3.19. The molecule has 4 nitrogen and oxygen atoms in total. The topological polar surface area (TPSA) is 55.6 Å². The van der Waals surface area contributed by atoms with Crippen molar-refractivity contribution in [3.8, 4) is 0 Å². The fourth-order valence-corrected chi connectivity index (χ4v) is 2.82. The summed E-state index contributed by atoms with van der Waals surface area (Å²) in [6.45, 7) is 0.972. The minimum atomic E-state index is -0.578. The molecule has 1 atom stereocenters. The molecule has 1 amide bonds. The molecule has 1 aromatic rings. The first-order valence-corrected chi connectivity index (χ1v) is 7.53. The highest BCUT2D eigenvalue weighted by molar-refractivity contribution is 9.10. The number of amides is 1. The van der Waals surface area contributed by atoms with Crippen LogP contribution in [0.5, 0.6) is 0 Å². The van der Waals surface area contributed by atoms with Gasteiger partial charge in [0.2, 0.25) is 5.91 Å². The van der Waals surface area contributed by atoms with E-state index in [9.17, 15) is 4.79 Å². The summed E-state index contributed by atoms with van der Waals surface area (Å²) in [4.78, 5) is 13.9. The van der Waals surface area contributed by atoms with Gasteiger partial charge in [-0.05, 0) is 30.5 Å². The summed E-state index contributed by atoms with van der Waals surface area (Å²) in [5.74, 6) is -0.0600. The number of methoxy groups -OCH3 is 1. The lowest BCUT2D eigenvalue weighted by molar-refractivity contribution is -0.132. The Morgan fingerprint density at radius 2 is 2.00 bits per heavy atom. The maximum absolute atomic E-state index is 12.1. The zero-order valence-corrected chi connectivity index (χ0v) is 14.7. The van der Waals surface area contributed by atoms with Crippen LogP contribution in [0, 0.1) is 0 Å². The zero-order valence-electron chi connectivity index (χ0n) is 12.3. The van der Waals surface area contributed by atoms with E-state index in [2.05, 4.69) is 28.1 Å². The Morgan fingerprint density at radius 1 is 1.43 bits per heavy atom. The molecule has 2 rings (SSSR count). The lowest BCUT2D eigenvalue weighted by atomic mass is 9.95. The molecule has 0 radical (unpaired) electrons. The number of ether oxygens (including phenoxy) is 1. The van der Waals surface area contributed by atoms with Gasteiger partial charge in [-0.25, -0.2) is 0 Å². The normalized spacial score (nSPS) is 16.8. The largest absolute Gasteiger partial charge is 0.383 e. The van der Waals surface area contributed by atoms with Crippen molar-refractivity contribution in [1.29, 1.82) is 0 Å². The zero-order chi connectivity index (χ0) is 14.8. The highest BCUT2D eigenvalue weighted by Gasteiger charge is 2.45. The van der Waals surface area contributed by atoms with Gasteiger partial charge in [0.25, 0.3) is 0 Å². The molecule has 0 saturated heterocycles. The van der Waals surface area contributed by atoms with Gasteiger partial charge in [-0.2, -0.15) is 0 Å². The Morgan fingerprint density at radius 3 is 2.48 bits per heavy atom. The molecule has 118 valence electrons. The number of carbonyl (C=O) groups excluding carboxylic acids is 1. The smallest absolute Gasteiger partial charge is 0.241 e. The summed E-state index contributed by atoms with van der Waals surface area (Å²) >= 11 is 3.45. The fourth-order valence-electron chi connectivity index (χ4n) is 2.56. The number of hydrogen-bond donors (Lipinski definition) is 1. The quantitative estimate of drug-likeness (QED) is 0.828. The van der Waals surface area contributed by atoms with Gasteiger partial charge in [0, 0.05) is 30.6 Å². The highest BCUT2D eigenvalue weighted by Crippen LogP contribution is 2.48. The van der Waals surface area contributed by atoms with E-state index in [0.29, 0.717) is 6.54 Å². The minimum Gasteiger partial charge on any atom is -0.383 e. The van der Waals surface area contributed by atoms with E-state index < -0.39 is 6.04 Å². The second-order valence-electron chi connectivity index (χ2n) is 5.54. The van der Waals surface area contributed by atoms with Crippen molar-refractivity contribution in [2.24, 2.45) is 5.73 Å². The van der Waals surface area contributed by atoms with E-state index in [0.717, 1.165) is 17.3 Å². The maximum atomic E-state index is 12.1. The summed E-state index contributed by atoms with van der Waals surface area (Å²) < 4.78 is 6.01. The van der Waals surface area contributed by atoms with Crippen molar-refractivity contribution < 1.29 is 9.53 Å². The third-order valence-electron chi connectivity index (χ3n) is 3.89. The molecule has 1 aromatic carbocycles. The van der Waals surface area contributed by atoms with Crippen molar-refractivity contribution in [1.82, 2.24) is 4.90 Å². The van der Waals surface area contributed by atoms with Gasteiger partial charge in [-0.15, -0.1) is 12.4 Å². The molecular weight excluding hydrogens is 356 g/mol. The van der Waals surface area contributed by atoms with Gasteiger partial charge in [0.05, 0.1) is 6.61 Å². The standard InChI is InChI=1S/C15H21BrN2O2.ClH/c1-18(14(19)13(17)9-20-2)10-15(7-8-15)11-3-5-12(16)6-4-11;/h3-6,13H,7-10,17H2,1-2H3;1H. The van der Waals surface area contributed by atoms with E-state index in [1.807, 2.05) is 19.2 Å². The molecule has 2 N–H and O–H groups in total. The predicted octanol–water partition coefficient (Wildman–Crippen LogP) is 2.33. The summed E-state index contributed by atoms with van der Waals surface area (Å²) in [6.07, 6.45) is 2.23. The van der Waals surface area contributed by atoms with Crippen LogP contribution in [-0.2, 0) is 14.9 Å². The SMILES string of the molecule is COCC(N)C(=O)N(C)CC1(c2ccc(Br)cc2)CC1.Cl. The number of carbonyl (C=O) groups is 1. The van der Waals surface area contributed by atoms with Crippen LogP contribution in [0.4, 0.5) is 0 Å². The van der Waals surface area contributed by atoms with Crippen molar-refractivity contribution in [3.63, 3.8) is 0 Å². The summed E-state index contributed by atoms with van der Waals surface area (Å²) in [5, 5.41) is 0. The van der Waals surface area contributed by atoms with E-state index >= 15 is 0 Å². The van der Waals surface area contributed by atoms with Crippen LogP contribution in [0.3, 0.4) is 0 Å². The second kappa shape index (κ2) is 7.58. The lowest BCUT2D eigenvalue weighted by Gasteiger charge is -2.26. The monoisotopic (exact) mass is 376 g/mol. The number of nitrogens with two attached hydrogens (primary N) is 1. The molecule has 1 aliphatic carbocycles. The van der Waals surface area contributed by atoms with Crippen LogP contribution in [0.25, 0.3) is 0 Å². The molecule has 0 spiro atoms. The third kappa shape index (κ3) is 4.42. The Kier molecular flexibility index (Phi) is 6.66. The van der Waals surface area contributed by atoms with Crippen molar-refractivity contribution >= 4 is 34.2 Å². The Balaban J connectivity index is 0.00000220. The van der Waals surface area contributed by atoms with Crippen LogP contribution < -0.4 is 5.73 Å². The molecule has 0 bridgehead atoms. The van der Waals surface area contributed by atoms with Crippen molar-refractivity contribution in [2.45, 2.75) is 24.3 Å². The number of benzene rings is 1. The van der Waals surface area contributed by atoms with Crippen LogP contribution in [0.2, 0.25) is 0 Å². The van der Waals surface area contributed by atoms with Gasteiger partial charge in [0.1, 0.15) is 6.04 Å². The van der Waals surface area contributed by atoms with E-state index in [4.69, 9.17) is 10.5 Å². The van der Waals surface area contributed by atoms with Gasteiger partial charge in [-0.1, -0.05) is 28.1 Å². The van der Waals surface area contributed by atoms with Crippen LogP contribution >= 0.6 is 28.3 Å². The highest BCUT2D eigenvalue weighted by atomic mass is 79.9. The van der Waals surface area contributed by atoms with E-state index in [1.54, 1.807) is 12.0 Å². The maximum Gasteiger partial charge on any atom is 0.241 e. The predicted molar refractivity (Wildman–Crippen MR) is 89.8 cm³/mol. The molecular formula is C15H22BrClN2O2. The number of nitrogens with zero attached hydrogens (tertiary/aromatic N) is 1. The fraction of sp³-hybridized carbons (Fsp3) is 0.533. The molecule has 1 aliphatic rings. The Bertz CT molecular complexity index is 477. The summed E-state index contributed by atoms with van der Waals surface area (Å²) in [5.41, 5.74) is 7.21. The van der Waals surface area contributed by atoms with Crippen LogP contribution in [0.15, 0.2) is 28.7 Å². The number of rotatable bonds is 6. The molecule has 6 heteroatoms. The van der Waals surface area contributed by atoms with Crippen molar-refractivity contribution in [2.75, 3.05) is 27.3 Å². The third-order valence-corrected chi connectivity index (χ3v) is 4.42. The Labute approximate surface area is 140 Å². The van der Waals surface area contributed by atoms with Crippen LogP contribution in [-0.4, -0.2) is 44.2 Å². The molecule has 1 unspecified atom stereocenters. The lowest BCUT2D eigenvalue weighted by Crippen LogP contribution is -2.46. The molecule has 0 aliphatic heterocycles. The molecule has 0 aromatic heterocycles. The first kappa shape index (κ1) is 18.4. The number of halogens is 2. The summed E-state index contributed by atoms with van der Waals surface area (Å²) in [6, 6.07) is 7.78. The number of likely N-dealkylation sites (N-methyl/N-ethyl adjacent to an activating group) is 1. The van der Waals surface area contributed by atoms with Gasteiger partial charge in [0.15, 0.2) is 0 Å². The first-order chi connectivity index (χ1) is 9.48. The molecule has 21 heavy (non-hydrogen) atoms. The van der Waals surface area contributed by atoms with Gasteiger partial charge in [-0.3, -0.25) is 4.79 Å². The minimum absolute atomic E-state index is 0. The Hall–Kier alpha value is -0.620. The van der Waals surface area contributed by atoms with E-state index in [-0.39, 0.29) is 30.3 Å². The summed E-state index contributed by atoms with van der Waals surface area (Å²) in [7, 11) is 3.37. The second-order valence-corrected chi connectivity index (χ2v) is 6.46. The van der Waals surface area contributed by atoms with Gasteiger partial charge >= 0.3 is 0 Å². The van der Waals surface area contributed by atoms with E-state index in [1.165, 1.54) is 5.56 Å². The van der Waals surface area contributed by atoms with Crippen LogP contribution in [0.1, 0.15) is 18.4 Å². The molecule has 0 heterocycles. The first-order valence-electron chi connectivity index (χ1n) is 6.74. The molecule has 1 saturated carbocycles.